The first kappa shape index (κ1) is 15.5. The topological polar surface area (TPSA) is 39.1 Å². The molecule has 0 saturated carbocycles. The van der Waals surface area contributed by atoms with Gasteiger partial charge in [0, 0.05) is 6.54 Å². The van der Waals surface area contributed by atoms with Crippen LogP contribution in [0, 0.1) is 17.1 Å². The van der Waals surface area contributed by atoms with Crippen molar-refractivity contribution in [3.63, 3.8) is 0 Å². The van der Waals surface area contributed by atoms with Crippen LogP contribution in [0.5, 0.6) is 0 Å². The van der Waals surface area contributed by atoms with E-state index >= 15 is 0 Å². The van der Waals surface area contributed by atoms with Gasteiger partial charge >= 0.3 is 0 Å². The summed E-state index contributed by atoms with van der Waals surface area (Å²) >= 11 is 0. The van der Waals surface area contributed by atoms with Gasteiger partial charge in [0.25, 0.3) is 0 Å². The minimum atomic E-state index is -0.383. The number of likely N-dealkylation sites (tertiary alicyclic amines) is 1. The maximum absolute atomic E-state index is 14.2. The summed E-state index contributed by atoms with van der Waals surface area (Å²) < 4.78 is 14.2. The van der Waals surface area contributed by atoms with Gasteiger partial charge in [0.15, 0.2) is 0 Å². The zero-order valence-corrected chi connectivity index (χ0v) is 13.0. The van der Waals surface area contributed by atoms with Crippen molar-refractivity contribution in [2.75, 3.05) is 25.0 Å². The molecule has 23 heavy (non-hydrogen) atoms. The van der Waals surface area contributed by atoms with Crippen LogP contribution in [0.15, 0.2) is 48.5 Å². The zero-order chi connectivity index (χ0) is 16.1. The predicted octanol–water partition coefficient (Wildman–Crippen LogP) is 3.95. The second kappa shape index (κ2) is 7.26. The van der Waals surface area contributed by atoms with Crippen molar-refractivity contribution >= 4 is 5.69 Å². The van der Waals surface area contributed by atoms with E-state index in [-0.39, 0.29) is 11.9 Å². The van der Waals surface area contributed by atoms with Crippen LogP contribution >= 0.6 is 0 Å². The third kappa shape index (κ3) is 3.88. The first-order chi connectivity index (χ1) is 11.3. The van der Waals surface area contributed by atoms with E-state index in [9.17, 15) is 4.39 Å². The molecule has 1 N–H and O–H groups in total. The Labute approximate surface area is 136 Å². The number of nitriles is 1. The van der Waals surface area contributed by atoms with E-state index in [0.717, 1.165) is 25.2 Å². The molecule has 0 spiro atoms. The molecule has 3 rings (SSSR count). The van der Waals surface area contributed by atoms with Crippen LogP contribution in [0.2, 0.25) is 0 Å². The number of rotatable bonds is 5. The molecule has 1 atom stereocenters. The van der Waals surface area contributed by atoms with E-state index in [1.54, 1.807) is 12.1 Å². The van der Waals surface area contributed by atoms with Gasteiger partial charge < -0.3 is 10.2 Å². The van der Waals surface area contributed by atoms with Crippen LogP contribution in [-0.4, -0.2) is 24.5 Å². The molecule has 0 bridgehead atoms. The Balaban J connectivity index is 1.82. The summed E-state index contributed by atoms with van der Waals surface area (Å²) in [5, 5.41) is 12.2. The van der Waals surface area contributed by atoms with E-state index in [1.165, 1.54) is 18.9 Å². The molecule has 1 aliphatic heterocycles. The number of nitrogens with zero attached hydrogens (tertiary/aromatic N) is 2. The lowest BCUT2D eigenvalue weighted by molar-refractivity contribution is 0.323. The zero-order valence-electron chi connectivity index (χ0n) is 13.0. The van der Waals surface area contributed by atoms with Gasteiger partial charge in [-0.2, -0.15) is 5.26 Å². The highest BCUT2D eigenvalue weighted by atomic mass is 19.1. The van der Waals surface area contributed by atoms with Gasteiger partial charge in [0.2, 0.25) is 0 Å². The van der Waals surface area contributed by atoms with E-state index < -0.39 is 0 Å². The SMILES string of the molecule is N#Cc1ccc(NC(CN2CCCC2)c2ccccc2)c(F)c1. The summed E-state index contributed by atoms with van der Waals surface area (Å²) in [7, 11) is 0. The Bertz CT molecular complexity index is 688. The van der Waals surface area contributed by atoms with Gasteiger partial charge in [-0.3, -0.25) is 0 Å². The lowest BCUT2D eigenvalue weighted by atomic mass is 10.1. The molecule has 3 nitrogen and oxygen atoms in total. The van der Waals surface area contributed by atoms with Crippen LogP contribution in [-0.2, 0) is 0 Å². The van der Waals surface area contributed by atoms with Crippen LogP contribution in [0.3, 0.4) is 0 Å². The molecule has 118 valence electrons. The van der Waals surface area contributed by atoms with Gasteiger partial charge in [0.05, 0.1) is 23.4 Å². The second-order valence-electron chi connectivity index (χ2n) is 5.92. The molecule has 1 heterocycles. The molecule has 2 aromatic carbocycles. The summed E-state index contributed by atoms with van der Waals surface area (Å²) in [5.74, 6) is -0.383. The molecule has 0 radical (unpaired) electrons. The highest BCUT2D eigenvalue weighted by Gasteiger charge is 2.20. The third-order valence-electron chi connectivity index (χ3n) is 4.27. The molecular formula is C19H20FN3. The standard InChI is InChI=1S/C19H20FN3/c20-17-12-15(13-21)8-9-18(17)22-19(14-23-10-4-5-11-23)16-6-2-1-3-7-16/h1-3,6-9,12,19,22H,4-5,10-11,14H2. The van der Waals surface area contributed by atoms with E-state index in [0.29, 0.717) is 11.3 Å². The number of benzene rings is 2. The van der Waals surface area contributed by atoms with Crippen molar-refractivity contribution in [1.29, 1.82) is 5.26 Å². The number of halogens is 1. The Morgan fingerprint density at radius 1 is 1.13 bits per heavy atom. The minimum Gasteiger partial charge on any atom is -0.375 e. The van der Waals surface area contributed by atoms with Crippen LogP contribution in [0.25, 0.3) is 0 Å². The van der Waals surface area contributed by atoms with Crippen molar-refractivity contribution in [3.05, 3.63) is 65.5 Å². The lowest BCUT2D eigenvalue weighted by Gasteiger charge is -2.26. The van der Waals surface area contributed by atoms with Crippen molar-refractivity contribution in [2.24, 2.45) is 0 Å². The van der Waals surface area contributed by atoms with Crippen LogP contribution in [0.4, 0.5) is 10.1 Å². The molecular weight excluding hydrogens is 289 g/mol. The first-order valence-corrected chi connectivity index (χ1v) is 8.00. The fourth-order valence-corrected chi connectivity index (χ4v) is 3.03. The average molecular weight is 309 g/mol. The average Bonchev–Trinajstić information content (AvgIpc) is 3.09. The Morgan fingerprint density at radius 3 is 2.52 bits per heavy atom. The fourth-order valence-electron chi connectivity index (χ4n) is 3.03. The summed E-state index contributed by atoms with van der Waals surface area (Å²) in [4.78, 5) is 2.41. The summed E-state index contributed by atoms with van der Waals surface area (Å²) in [6.45, 7) is 3.05. The largest absolute Gasteiger partial charge is 0.375 e. The number of anilines is 1. The Kier molecular flexibility index (Phi) is 4.89. The summed E-state index contributed by atoms with van der Waals surface area (Å²) in [6, 6.07) is 16.7. The van der Waals surface area contributed by atoms with Gasteiger partial charge in [-0.1, -0.05) is 30.3 Å². The molecule has 0 amide bonds. The van der Waals surface area contributed by atoms with Crippen molar-refractivity contribution in [1.82, 2.24) is 4.90 Å². The quantitative estimate of drug-likeness (QED) is 0.909. The molecule has 2 aromatic rings. The molecule has 1 unspecified atom stereocenters. The summed E-state index contributed by atoms with van der Waals surface area (Å²) in [6.07, 6.45) is 2.46. The van der Waals surface area contributed by atoms with Gasteiger partial charge in [-0.25, -0.2) is 4.39 Å². The Hall–Kier alpha value is -2.38. The van der Waals surface area contributed by atoms with Crippen molar-refractivity contribution in [3.8, 4) is 6.07 Å². The highest BCUT2D eigenvalue weighted by Crippen LogP contribution is 2.25. The molecule has 1 fully saturated rings. The monoisotopic (exact) mass is 309 g/mol. The first-order valence-electron chi connectivity index (χ1n) is 8.00. The van der Waals surface area contributed by atoms with Gasteiger partial charge in [-0.15, -0.1) is 0 Å². The maximum Gasteiger partial charge on any atom is 0.147 e. The van der Waals surface area contributed by atoms with E-state index in [1.807, 2.05) is 24.3 Å². The molecule has 0 aromatic heterocycles. The smallest absolute Gasteiger partial charge is 0.147 e. The van der Waals surface area contributed by atoms with E-state index in [4.69, 9.17) is 5.26 Å². The Morgan fingerprint density at radius 2 is 1.87 bits per heavy atom. The van der Waals surface area contributed by atoms with Crippen molar-refractivity contribution in [2.45, 2.75) is 18.9 Å². The second-order valence-corrected chi connectivity index (χ2v) is 5.92. The normalized spacial score (nSPS) is 16.0. The minimum absolute atomic E-state index is 0.0248. The highest BCUT2D eigenvalue weighted by molar-refractivity contribution is 5.50. The van der Waals surface area contributed by atoms with Gasteiger partial charge in [0.1, 0.15) is 5.82 Å². The number of hydrogen-bond donors (Lipinski definition) is 1. The van der Waals surface area contributed by atoms with Gasteiger partial charge in [-0.05, 0) is 49.7 Å². The van der Waals surface area contributed by atoms with Crippen LogP contribution in [0.1, 0.15) is 30.0 Å². The number of nitrogens with one attached hydrogen (secondary N) is 1. The van der Waals surface area contributed by atoms with E-state index in [2.05, 4.69) is 22.3 Å². The molecule has 1 aliphatic rings. The summed E-state index contributed by atoms with van der Waals surface area (Å²) in [5.41, 5.74) is 1.92. The molecule has 0 aliphatic carbocycles. The van der Waals surface area contributed by atoms with Crippen LogP contribution < -0.4 is 5.32 Å². The predicted molar refractivity (Wildman–Crippen MR) is 89.6 cm³/mol. The lowest BCUT2D eigenvalue weighted by Crippen LogP contribution is -2.29. The maximum atomic E-state index is 14.2. The fraction of sp³-hybridized carbons (Fsp3) is 0.316. The number of hydrogen-bond acceptors (Lipinski definition) is 3. The molecule has 1 saturated heterocycles. The molecule has 4 heteroatoms. The third-order valence-corrected chi connectivity index (χ3v) is 4.27. The van der Waals surface area contributed by atoms with Crippen molar-refractivity contribution < 1.29 is 4.39 Å².